The van der Waals surface area contributed by atoms with Gasteiger partial charge in [0.1, 0.15) is 18.0 Å². The molecule has 3 rings (SSSR count). The van der Waals surface area contributed by atoms with Crippen LogP contribution in [0, 0.1) is 13.8 Å². The van der Waals surface area contributed by atoms with Crippen LogP contribution in [0.2, 0.25) is 0 Å². The van der Waals surface area contributed by atoms with Crippen molar-refractivity contribution in [2.75, 3.05) is 24.5 Å². The molecule has 37 heavy (non-hydrogen) atoms. The van der Waals surface area contributed by atoms with Crippen molar-refractivity contribution in [1.29, 1.82) is 0 Å². The highest BCUT2D eigenvalue weighted by molar-refractivity contribution is 7.92. The smallest absolute Gasteiger partial charge is 0.264 e. The molecule has 0 atom stereocenters. The summed E-state index contributed by atoms with van der Waals surface area (Å²) in [6.07, 6.45) is 1.61. The lowest BCUT2D eigenvalue weighted by Crippen LogP contribution is -2.41. The van der Waals surface area contributed by atoms with E-state index < -0.39 is 10.0 Å². The van der Waals surface area contributed by atoms with E-state index in [1.54, 1.807) is 36.4 Å². The molecule has 3 aromatic rings. The van der Waals surface area contributed by atoms with Gasteiger partial charge in [-0.15, -0.1) is 0 Å². The van der Waals surface area contributed by atoms with E-state index in [1.165, 1.54) is 7.11 Å². The van der Waals surface area contributed by atoms with Gasteiger partial charge in [-0.3, -0.25) is 9.10 Å². The molecule has 0 aromatic heterocycles. The van der Waals surface area contributed by atoms with Crippen LogP contribution in [0.4, 0.5) is 5.69 Å². The van der Waals surface area contributed by atoms with Crippen molar-refractivity contribution < 1.29 is 22.7 Å². The predicted molar refractivity (Wildman–Crippen MR) is 147 cm³/mol. The van der Waals surface area contributed by atoms with E-state index >= 15 is 0 Å². The zero-order valence-corrected chi connectivity index (χ0v) is 23.0. The molecule has 0 bridgehead atoms. The minimum absolute atomic E-state index is 0.111. The lowest BCUT2D eigenvalue weighted by molar-refractivity contribution is -0.119. The van der Waals surface area contributed by atoms with Crippen molar-refractivity contribution >= 4 is 21.6 Å². The van der Waals surface area contributed by atoms with Gasteiger partial charge in [-0.25, -0.2) is 8.42 Å². The molecule has 198 valence electrons. The molecular formula is C29H36N2O5S. The summed E-state index contributed by atoms with van der Waals surface area (Å²) in [5.41, 5.74) is 3.25. The first-order valence-electron chi connectivity index (χ1n) is 12.4. The first kappa shape index (κ1) is 28.1. The Morgan fingerprint density at radius 3 is 2.22 bits per heavy atom. The molecule has 0 radical (unpaired) electrons. The molecule has 0 unspecified atom stereocenters. The second kappa shape index (κ2) is 12.6. The number of ether oxygens (including phenoxy) is 2. The van der Waals surface area contributed by atoms with Crippen molar-refractivity contribution in [3.8, 4) is 11.5 Å². The monoisotopic (exact) mass is 524 g/mol. The number of hydrogen-bond donors (Lipinski definition) is 1. The highest BCUT2D eigenvalue weighted by atomic mass is 32.2. The van der Waals surface area contributed by atoms with Gasteiger partial charge in [-0.1, -0.05) is 35.9 Å². The molecule has 0 saturated heterocycles. The number of nitrogens with zero attached hydrogens (tertiary/aromatic N) is 1. The number of methoxy groups -OCH3 is 1. The molecule has 1 amide bonds. The van der Waals surface area contributed by atoms with E-state index in [2.05, 4.69) is 5.32 Å². The normalized spacial score (nSPS) is 11.3. The average molecular weight is 525 g/mol. The second-order valence-corrected chi connectivity index (χ2v) is 11.1. The first-order chi connectivity index (χ1) is 17.6. The summed E-state index contributed by atoms with van der Waals surface area (Å²) in [4.78, 5) is 13.0. The quantitative estimate of drug-likeness (QED) is 0.336. The SMILES string of the molecule is COc1ccc(C)cc1N(CC(=O)NCCCc1ccc(OC(C)C)cc1)S(=O)(=O)c1ccc(C)cc1. The fourth-order valence-corrected chi connectivity index (χ4v) is 5.27. The van der Waals surface area contributed by atoms with Crippen LogP contribution in [-0.2, 0) is 21.2 Å². The van der Waals surface area contributed by atoms with E-state index in [4.69, 9.17) is 9.47 Å². The molecule has 3 aromatic carbocycles. The van der Waals surface area contributed by atoms with Gasteiger partial charge in [0.2, 0.25) is 5.91 Å². The van der Waals surface area contributed by atoms with Gasteiger partial charge in [-0.05, 0) is 88.1 Å². The summed E-state index contributed by atoms with van der Waals surface area (Å²) in [6, 6.07) is 19.7. The van der Waals surface area contributed by atoms with Gasteiger partial charge in [0.15, 0.2) is 0 Å². The number of carbonyl (C=O) groups is 1. The summed E-state index contributed by atoms with van der Waals surface area (Å²) in [5, 5.41) is 2.86. The third-order valence-corrected chi connectivity index (χ3v) is 7.53. The van der Waals surface area contributed by atoms with Gasteiger partial charge in [0, 0.05) is 6.54 Å². The van der Waals surface area contributed by atoms with Crippen LogP contribution < -0.4 is 19.1 Å². The number of hydrogen-bond acceptors (Lipinski definition) is 5. The largest absolute Gasteiger partial charge is 0.495 e. The Morgan fingerprint density at radius 2 is 1.59 bits per heavy atom. The maximum Gasteiger partial charge on any atom is 0.264 e. The lowest BCUT2D eigenvalue weighted by atomic mass is 10.1. The summed E-state index contributed by atoms with van der Waals surface area (Å²) in [7, 11) is -2.54. The molecular weight excluding hydrogens is 488 g/mol. The Hall–Kier alpha value is -3.52. The maximum absolute atomic E-state index is 13.6. The van der Waals surface area contributed by atoms with E-state index in [9.17, 15) is 13.2 Å². The lowest BCUT2D eigenvalue weighted by Gasteiger charge is -2.26. The van der Waals surface area contributed by atoms with Gasteiger partial charge in [-0.2, -0.15) is 0 Å². The number of benzene rings is 3. The van der Waals surface area contributed by atoms with Crippen molar-refractivity contribution in [2.45, 2.75) is 51.5 Å². The van der Waals surface area contributed by atoms with Crippen molar-refractivity contribution in [3.05, 3.63) is 83.4 Å². The van der Waals surface area contributed by atoms with Crippen LogP contribution in [0.15, 0.2) is 71.6 Å². The number of anilines is 1. The van der Waals surface area contributed by atoms with Crippen LogP contribution in [0.3, 0.4) is 0 Å². The fourth-order valence-electron chi connectivity index (χ4n) is 3.85. The maximum atomic E-state index is 13.6. The Kier molecular flexibility index (Phi) is 9.58. The van der Waals surface area contributed by atoms with Gasteiger partial charge < -0.3 is 14.8 Å². The molecule has 8 heteroatoms. The van der Waals surface area contributed by atoms with Gasteiger partial charge in [0.25, 0.3) is 10.0 Å². The third-order valence-electron chi connectivity index (χ3n) is 5.76. The number of carbonyl (C=O) groups excluding carboxylic acids is 1. The van der Waals surface area contributed by atoms with Crippen LogP contribution in [-0.4, -0.2) is 40.6 Å². The Morgan fingerprint density at radius 1 is 0.946 bits per heavy atom. The summed E-state index contributed by atoms with van der Waals surface area (Å²) in [5.74, 6) is 0.812. The predicted octanol–water partition coefficient (Wildman–Crippen LogP) is 5.04. The van der Waals surface area contributed by atoms with Gasteiger partial charge in [0.05, 0.1) is 23.8 Å². The van der Waals surface area contributed by atoms with Crippen LogP contribution in [0.25, 0.3) is 0 Å². The highest BCUT2D eigenvalue weighted by Crippen LogP contribution is 2.33. The molecule has 0 aliphatic rings. The zero-order valence-electron chi connectivity index (χ0n) is 22.2. The van der Waals surface area contributed by atoms with Crippen molar-refractivity contribution in [1.82, 2.24) is 5.32 Å². The van der Waals surface area contributed by atoms with E-state index in [0.29, 0.717) is 24.4 Å². The summed E-state index contributed by atoms with van der Waals surface area (Å²) >= 11 is 0. The van der Waals surface area contributed by atoms with Crippen LogP contribution in [0.5, 0.6) is 11.5 Å². The molecule has 0 spiro atoms. The van der Waals surface area contributed by atoms with E-state index in [1.807, 2.05) is 58.0 Å². The molecule has 0 aliphatic heterocycles. The zero-order chi connectivity index (χ0) is 27.0. The minimum atomic E-state index is -4.02. The van der Waals surface area contributed by atoms with E-state index in [-0.39, 0.29) is 23.5 Å². The second-order valence-electron chi connectivity index (χ2n) is 9.26. The van der Waals surface area contributed by atoms with Crippen molar-refractivity contribution in [3.63, 3.8) is 0 Å². The molecule has 0 saturated carbocycles. The number of sulfonamides is 1. The third kappa shape index (κ3) is 7.73. The molecule has 1 N–H and O–H groups in total. The average Bonchev–Trinajstić information content (AvgIpc) is 2.86. The van der Waals surface area contributed by atoms with Crippen LogP contribution >= 0.6 is 0 Å². The Labute approximate surface area is 220 Å². The number of rotatable bonds is 12. The van der Waals surface area contributed by atoms with Gasteiger partial charge >= 0.3 is 0 Å². The molecule has 0 heterocycles. The van der Waals surface area contributed by atoms with Crippen LogP contribution in [0.1, 0.15) is 37.0 Å². The Bertz CT molecular complexity index is 1290. The number of nitrogens with one attached hydrogen (secondary N) is 1. The molecule has 0 aliphatic carbocycles. The molecule has 0 fully saturated rings. The highest BCUT2D eigenvalue weighted by Gasteiger charge is 2.29. The number of amides is 1. The molecule has 7 nitrogen and oxygen atoms in total. The van der Waals surface area contributed by atoms with Crippen molar-refractivity contribution in [2.24, 2.45) is 0 Å². The Balaban J connectivity index is 1.71. The minimum Gasteiger partial charge on any atom is -0.495 e. The summed E-state index contributed by atoms with van der Waals surface area (Å²) in [6.45, 7) is 7.78. The standard InChI is InChI=1S/C29H36N2O5S/c1-21(2)36-25-13-11-24(12-14-25)7-6-18-30-29(32)20-31(27-19-23(4)10-17-28(27)35-5)37(33,34)26-15-8-22(3)9-16-26/h8-17,19,21H,6-7,18,20H2,1-5H3,(H,30,32). The fraction of sp³-hybridized carbons (Fsp3) is 0.345. The summed E-state index contributed by atoms with van der Waals surface area (Å²) < 4.78 is 39.5. The van der Waals surface area contributed by atoms with E-state index in [0.717, 1.165) is 33.2 Å². The first-order valence-corrected chi connectivity index (χ1v) is 13.8. The topological polar surface area (TPSA) is 84.9 Å². The number of aryl methyl sites for hydroxylation is 3.